The first-order valence-corrected chi connectivity index (χ1v) is 6.79. The van der Waals surface area contributed by atoms with Gasteiger partial charge in [-0.3, -0.25) is 4.98 Å². The lowest BCUT2D eigenvalue weighted by molar-refractivity contribution is 1.08. The van der Waals surface area contributed by atoms with Crippen molar-refractivity contribution in [2.75, 3.05) is 5.32 Å². The molecule has 0 bridgehead atoms. The summed E-state index contributed by atoms with van der Waals surface area (Å²) in [6, 6.07) is 10.5. The number of aryl methyl sites for hydroxylation is 3. The van der Waals surface area contributed by atoms with Gasteiger partial charge in [-0.1, -0.05) is 28.1 Å². The highest BCUT2D eigenvalue weighted by Crippen LogP contribution is 2.19. The first kappa shape index (κ1) is 13.1. The predicted molar refractivity (Wildman–Crippen MR) is 79.9 cm³/mol. The van der Waals surface area contributed by atoms with Crippen LogP contribution >= 0.6 is 15.9 Å². The van der Waals surface area contributed by atoms with Gasteiger partial charge in [0.05, 0.1) is 11.4 Å². The number of nitrogens with zero attached hydrogens (tertiary/aromatic N) is 1. The summed E-state index contributed by atoms with van der Waals surface area (Å²) < 4.78 is 1.15. The van der Waals surface area contributed by atoms with Crippen molar-refractivity contribution in [3.05, 3.63) is 57.3 Å². The third-order valence-corrected chi connectivity index (χ3v) is 3.80. The fraction of sp³-hybridized carbons (Fsp3) is 0.267. The van der Waals surface area contributed by atoms with Crippen LogP contribution in [-0.4, -0.2) is 4.98 Å². The van der Waals surface area contributed by atoms with Gasteiger partial charge in [0, 0.05) is 16.7 Å². The maximum atomic E-state index is 4.45. The zero-order valence-corrected chi connectivity index (χ0v) is 12.5. The van der Waals surface area contributed by atoms with Crippen LogP contribution in [0.25, 0.3) is 0 Å². The van der Waals surface area contributed by atoms with Gasteiger partial charge in [0.15, 0.2) is 0 Å². The van der Waals surface area contributed by atoms with Gasteiger partial charge in [0.1, 0.15) is 0 Å². The number of pyridine rings is 1. The summed E-state index contributed by atoms with van der Waals surface area (Å²) in [4.78, 5) is 4.45. The number of rotatable bonds is 3. The van der Waals surface area contributed by atoms with E-state index in [1.54, 1.807) is 0 Å². The SMILES string of the molecule is Cc1ccc(NCc2ccc(C)c(Br)c2)c(C)n1. The molecule has 0 unspecified atom stereocenters. The normalized spacial score (nSPS) is 10.4. The van der Waals surface area contributed by atoms with Crippen molar-refractivity contribution in [1.29, 1.82) is 0 Å². The Labute approximate surface area is 117 Å². The average Bonchev–Trinajstić information content (AvgIpc) is 2.32. The number of halogens is 1. The van der Waals surface area contributed by atoms with Crippen LogP contribution in [0, 0.1) is 20.8 Å². The molecule has 2 aromatic rings. The van der Waals surface area contributed by atoms with Crippen molar-refractivity contribution in [2.45, 2.75) is 27.3 Å². The smallest absolute Gasteiger partial charge is 0.0606 e. The Morgan fingerprint density at radius 1 is 1.11 bits per heavy atom. The topological polar surface area (TPSA) is 24.9 Å². The molecule has 0 radical (unpaired) electrons. The molecule has 94 valence electrons. The lowest BCUT2D eigenvalue weighted by Crippen LogP contribution is -2.02. The molecule has 0 fully saturated rings. The van der Waals surface area contributed by atoms with Gasteiger partial charge in [0.25, 0.3) is 0 Å². The second-order valence-electron chi connectivity index (χ2n) is 4.52. The molecular weight excluding hydrogens is 288 g/mol. The summed E-state index contributed by atoms with van der Waals surface area (Å²) >= 11 is 3.56. The molecule has 1 aromatic heterocycles. The molecule has 0 saturated heterocycles. The highest BCUT2D eigenvalue weighted by atomic mass is 79.9. The van der Waals surface area contributed by atoms with E-state index in [2.05, 4.69) is 57.4 Å². The summed E-state index contributed by atoms with van der Waals surface area (Å²) in [5, 5.41) is 3.42. The standard InChI is InChI=1S/C15H17BrN2/c1-10-4-6-13(8-14(10)16)9-17-15-7-5-11(2)18-12(15)3/h4-8,17H,9H2,1-3H3. The number of benzene rings is 1. The molecule has 0 aliphatic rings. The largest absolute Gasteiger partial charge is 0.380 e. The van der Waals surface area contributed by atoms with Gasteiger partial charge in [-0.15, -0.1) is 0 Å². The van der Waals surface area contributed by atoms with Gasteiger partial charge >= 0.3 is 0 Å². The number of anilines is 1. The minimum atomic E-state index is 0.810. The molecule has 1 heterocycles. The summed E-state index contributed by atoms with van der Waals surface area (Å²) in [6.45, 7) is 6.94. The Morgan fingerprint density at radius 3 is 2.56 bits per heavy atom. The number of nitrogens with one attached hydrogen (secondary N) is 1. The fourth-order valence-electron chi connectivity index (χ4n) is 1.82. The minimum absolute atomic E-state index is 0.810. The highest BCUT2D eigenvalue weighted by molar-refractivity contribution is 9.10. The molecule has 0 saturated carbocycles. The molecule has 1 aromatic carbocycles. The molecule has 0 atom stereocenters. The van der Waals surface area contributed by atoms with E-state index in [0.29, 0.717) is 0 Å². The maximum Gasteiger partial charge on any atom is 0.0606 e. The van der Waals surface area contributed by atoms with E-state index >= 15 is 0 Å². The average molecular weight is 305 g/mol. The van der Waals surface area contributed by atoms with Crippen LogP contribution in [-0.2, 0) is 6.54 Å². The molecular formula is C15H17BrN2. The zero-order valence-electron chi connectivity index (χ0n) is 10.9. The van der Waals surface area contributed by atoms with Crippen molar-refractivity contribution >= 4 is 21.6 Å². The monoisotopic (exact) mass is 304 g/mol. The molecule has 0 aliphatic carbocycles. The molecule has 18 heavy (non-hydrogen) atoms. The molecule has 0 amide bonds. The van der Waals surface area contributed by atoms with Crippen LogP contribution < -0.4 is 5.32 Å². The van der Waals surface area contributed by atoms with Gasteiger partial charge in [0.2, 0.25) is 0 Å². The molecule has 2 rings (SSSR count). The number of hydrogen-bond acceptors (Lipinski definition) is 2. The summed E-state index contributed by atoms with van der Waals surface area (Å²) in [6.07, 6.45) is 0. The Morgan fingerprint density at radius 2 is 1.89 bits per heavy atom. The van der Waals surface area contributed by atoms with Crippen LogP contribution in [0.3, 0.4) is 0 Å². The third kappa shape index (κ3) is 3.10. The van der Waals surface area contributed by atoms with Crippen molar-refractivity contribution in [1.82, 2.24) is 4.98 Å². The van der Waals surface area contributed by atoms with E-state index in [0.717, 1.165) is 28.1 Å². The third-order valence-electron chi connectivity index (χ3n) is 2.94. The van der Waals surface area contributed by atoms with Gasteiger partial charge in [-0.05, 0) is 50.1 Å². The molecule has 1 N–H and O–H groups in total. The van der Waals surface area contributed by atoms with E-state index in [9.17, 15) is 0 Å². The van der Waals surface area contributed by atoms with Crippen molar-refractivity contribution in [2.24, 2.45) is 0 Å². The molecule has 3 heteroatoms. The summed E-state index contributed by atoms with van der Waals surface area (Å²) in [7, 11) is 0. The van der Waals surface area contributed by atoms with Crippen LogP contribution in [0.4, 0.5) is 5.69 Å². The van der Waals surface area contributed by atoms with E-state index in [4.69, 9.17) is 0 Å². The highest BCUT2D eigenvalue weighted by Gasteiger charge is 2.01. The Balaban J connectivity index is 2.09. The van der Waals surface area contributed by atoms with Crippen LogP contribution in [0.2, 0.25) is 0 Å². The first-order valence-electron chi connectivity index (χ1n) is 5.99. The van der Waals surface area contributed by atoms with Crippen LogP contribution in [0.5, 0.6) is 0 Å². The Bertz CT molecular complexity index is 564. The lowest BCUT2D eigenvalue weighted by Gasteiger charge is -2.10. The van der Waals surface area contributed by atoms with E-state index in [1.807, 2.05) is 19.9 Å². The first-order chi connectivity index (χ1) is 8.56. The fourth-order valence-corrected chi connectivity index (χ4v) is 2.24. The molecule has 2 nitrogen and oxygen atoms in total. The van der Waals surface area contributed by atoms with Gasteiger partial charge < -0.3 is 5.32 Å². The zero-order chi connectivity index (χ0) is 13.1. The summed E-state index contributed by atoms with van der Waals surface area (Å²) in [5.41, 5.74) is 5.70. The second kappa shape index (κ2) is 5.53. The lowest BCUT2D eigenvalue weighted by atomic mass is 10.1. The van der Waals surface area contributed by atoms with Crippen molar-refractivity contribution in [3.8, 4) is 0 Å². The molecule has 0 aliphatic heterocycles. The number of hydrogen-bond donors (Lipinski definition) is 1. The summed E-state index contributed by atoms with van der Waals surface area (Å²) in [5.74, 6) is 0. The van der Waals surface area contributed by atoms with Crippen LogP contribution in [0.1, 0.15) is 22.5 Å². The minimum Gasteiger partial charge on any atom is -0.380 e. The maximum absolute atomic E-state index is 4.45. The Hall–Kier alpha value is -1.35. The second-order valence-corrected chi connectivity index (χ2v) is 5.38. The van der Waals surface area contributed by atoms with Crippen molar-refractivity contribution < 1.29 is 0 Å². The predicted octanol–water partition coefficient (Wildman–Crippen LogP) is 4.38. The molecule has 0 spiro atoms. The van der Waals surface area contributed by atoms with Crippen molar-refractivity contribution in [3.63, 3.8) is 0 Å². The van der Waals surface area contributed by atoms with Gasteiger partial charge in [-0.25, -0.2) is 0 Å². The Kier molecular flexibility index (Phi) is 4.02. The van der Waals surface area contributed by atoms with Gasteiger partial charge in [-0.2, -0.15) is 0 Å². The number of aromatic nitrogens is 1. The van der Waals surface area contributed by atoms with E-state index < -0.39 is 0 Å². The van der Waals surface area contributed by atoms with E-state index in [-0.39, 0.29) is 0 Å². The quantitative estimate of drug-likeness (QED) is 0.910. The van der Waals surface area contributed by atoms with E-state index in [1.165, 1.54) is 11.1 Å². The van der Waals surface area contributed by atoms with Crippen LogP contribution in [0.15, 0.2) is 34.8 Å².